The topological polar surface area (TPSA) is 97.6 Å². The summed E-state index contributed by atoms with van der Waals surface area (Å²) in [6, 6.07) is 15.6. The zero-order valence-electron chi connectivity index (χ0n) is 16.5. The monoisotopic (exact) mass is 507 g/mol. The number of ether oxygens (including phenoxy) is 2. The van der Waals surface area contributed by atoms with E-state index in [1.54, 1.807) is 6.20 Å². The van der Waals surface area contributed by atoms with Crippen LogP contribution >= 0.6 is 24.0 Å². The summed E-state index contributed by atoms with van der Waals surface area (Å²) in [6.45, 7) is 5.33. The number of halogens is 1. The van der Waals surface area contributed by atoms with E-state index in [-0.39, 0.29) is 29.9 Å². The minimum atomic E-state index is 0. The SMILES string of the molecule is CCOc1ccc(OCC)c(NC(N)=NCc2ncc(-c3ccccc3)[nH]2)c1.I. The van der Waals surface area contributed by atoms with Crippen LogP contribution in [-0.4, -0.2) is 29.1 Å². The zero-order chi connectivity index (χ0) is 19.8. The van der Waals surface area contributed by atoms with Gasteiger partial charge in [0.25, 0.3) is 0 Å². The highest BCUT2D eigenvalue weighted by molar-refractivity contribution is 14.0. The average molecular weight is 507 g/mol. The van der Waals surface area contributed by atoms with Gasteiger partial charge in [0.2, 0.25) is 0 Å². The second-order valence-electron chi connectivity index (χ2n) is 5.96. The molecule has 0 radical (unpaired) electrons. The van der Waals surface area contributed by atoms with Gasteiger partial charge in [-0.2, -0.15) is 0 Å². The van der Waals surface area contributed by atoms with Crippen molar-refractivity contribution < 1.29 is 9.47 Å². The molecule has 0 aliphatic rings. The largest absolute Gasteiger partial charge is 0.494 e. The van der Waals surface area contributed by atoms with Crippen LogP contribution in [0.15, 0.2) is 59.7 Å². The molecule has 0 amide bonds. The van der Waals surface area contributed by atoms with Gasteiger partial charge in [-0.25, -0.2) is 9.98 Å². The van der Waals surface area contributed by atoms with Gasteiger partial charge in [0, 0.05) is 6.07 Å². The number of nitrogens with one attached hydrogen (secondary N) is 2. The van der Waals surface area contributed by atoms with Crippen molar-refractivity contribution in [2.24, 2.45) is 10.7 Å². The molecule has 3 rings (SSSR count). The summed E-state index contributed by atoms with van der Waals surface area (Å²) >= 11 is 0. The summed E-state index contributed by atoms with van der Waals surface area (Å²) in [5.74, 6) is 2.43. The van der Waals surface area contributed by atoms with Crippen molar-refractivity contribution in [1.82, 2.24) is 9.97 Å². The maximum absolute atomic E-state index is 6.06. The number of hydrogen-bond donors (Lipinski definition) is 3. The van der Waals surface area contributed by atoms with Crippen LogP contribution in [0.4, 0.5) is 5.69 Å². The van der Waals surface area contributed by atoms with Gasteiger partial charge in [-0.05, 0) is 31.5 Å². The van der Waals surface area contributed by atoms with Crippen molar-refractivity contribution in [1.29, 1.82) is 0 Å². The number of anilines is 1. The van der Waals surface area contributed by atoms with Crippen molar-refractivity contribution in [3.05, 3.63) is 60.6 Å². The average Bonchev–Trinajstić information content (AvgIpc) is 3.19. The summed E-state index contributed by atoms with van der Waals surface area (Å²) < 4.78 is 11.2. The van der Waals surface area contributed by atoms with E-state index in [9.17, 15) is 0 Å². The van der Waals surface area contributed by atoms with Crippen molar-refractivity contribution in [3.63, 3.8) is 0 Å². The molecule has 154 valence electrons. The Morgan fingerprint density at radius 3 is 2.59 bits per heavy atom. The Kier molecular flexibility index (Phi) is 8.78. The number of guanidine groups is 1. The molecule has 1 aromatic heterocycles. The van der Waals surface area contributed by atoms with Gasteiger partial charge in [0.05, 0.1) is 30.8 Å². The van der Waals surface area contributed by atoms with Gasteiger partial charge in [-0.3, -0.25) is 0 Å². The number of benzene rings is 2. The first-order valence-electron chi connectivity index (χ1n) is 9.25. The van der Waals surface area contributed by atoms with Crippen LogP contribution in [0.1, 0.15) is 19.7 Å². The molecule has 0 unspecified atom stereocenters. The highest BCUT2D eigenvalue weighted by Gasteiger charge is 2.08. The van der Waals surface area contributed by atoms with Crippen LogP contribution in [0.3, 0.4) is 0 Å². The summed E-state index contributed by atoms with van der Waals surface area (Å²) in [6.07, 6.45) is 1.79. The van der Waals surface area contributed by atoms with E-state index in [4.69, 9.17) is 15.2 Å². The molecule has 8 heteroatoms. The molecular weight excluding hydrogens is 481 g/mol. The number of H-pyrrole nitrogens is 1. The second-order valence-corrected chi connectivity index (χ2v) is 5.96. The molecule has 29 heavy (non-hydrogen) atoms. The van der Waals surface area contributed by atoms with Crippen LogP contribution in [-0.2, 0) is 6.54 Å². The van der Waals surface area contributed by atoms with Crippen LogP contribution < -0.4 is 20.5 Å². The molecule has 0 aliphatic carbocycles. The summed E-state index contributed by atoms with van der Waals surface area (Å²) in [5, 5.41) is 3.08. The number of nitrogens with two attached hydrogens (primary N) is 1. The van der Waals surface area contributed by atoms with Crippen molar-refractivity contribution in [2.45, 2.75) is 20.4 Å². The predicted molar refractivity (Wildman–Crippen MR) is 127 cm³/mol. The predicted octanol–water partition coefficient (Wildman–Crippen LogP) is 4.42. The molecule has 1 heterocycles. The molecule has 2 aromatic carbocycles. The van der Waals surface area contributed by atoms with Crippen LogP contribution in [0.25, 0.3) is 11.3 Å². The lowest BCUT2D eigenvalue weighted by molar-refractivity contribution is 0.332. The van der Waals surface area contributed by atoms with Gasteiger partial charge in [0.15, 0.2) is 5.96 Å². The van der Waals surface area contributed by atoms with Gasteiger partial charge >= 0.3 is 0 Å². The van der Waals surface area contributed by atoms with Gasteiger partial charge < -0.3 is 25.5 Å². The fourth-order valence-corrected chi connectivity index (χ4v) is 2.69. The minimum Gasteiger partial charge on any atom is -0.494 e. The van der Waals surface area contributed by atoms with Gasteiger partial charge in [0.1, 0.15) is 23.9 Å². The van der Waals surface area contributed by atoms with Crippen molar-refractivity contribution in [3.8, 4) is 22.8 Å². The molecule has 0 bridgehead atoms. The lowest BCUT2D eigenvalue weighted by Crippen LogP contribution is -2.23. The Balaban J connectivity index is 0.00000300. The summed E-state index contributed by atoms with van der Waals surface area (Å²) in [5.41, 5.74) is 8.79. The molecular formula is C21H26IN5O2. The third-order valence-corrected chi connectivity index (χ3v) is 3.94. The van der Waals surface area contributed by atoms with Gasteiger partial charge in [-0.1, -0.05) is 30.3 Å². The first-order chi connectivity index (χ1) is 13.7. The lowest BCUT2D eigenvalue weighted by atomic mass is 10.2. The molecule has 0 saturated heterocycles. The maximum Gasteiger partial charge on any atom is 0.193 e. The summed E-state index contributed by atoms with van der Waals surface area (Å²) in [4.78, 5) is 12.0. The maximum atomic E-state index is 6.06. The number of hydrogen-bond acceptors (Lipinski definition) is 4. The van der Waals surface area contributed by atoms with E-state index >= 15 is 0 Å². The Morgan fingerprint density at radius 2 is 1.86 bits per heavy atom. The molecule has 0 saturated carbocycles. The first kappa shape index (κ1) is 22.5. The molecule has 3 aromatic rings. The van der Waals surface area contributed by atoms with Crippen LogP contribution in [0.5, 0.6) is 11.5 Å². The Morgan fingerprint density at radius 1 is 1.10 bits per heavy atom. The van der Waals surface area contributed by atoms with E-state index in [1.807, 2.05) is 62.4 Å². The van der Waals surface area contributed by atoms with E-state index in [2.05, 4.69) is 20.3 Å². The smallest absolute Gasteiger partial charge is 0.193 e. The third-order valence-electron chi connectivity index (χ3n) is 3.94. The third kappa shape index (κ3) is 6.38. The fraction of sp³-hybridized carbons (Fsp3) is 0.238. The van der Waals surface area contributed by atoms with Crippen molar-refractivity contribution >= 4 is 35.6 Å². The van der Waals surface area contributed by atoms with Crippen molar-refractivity contribution in [2.75, 3.05) is 18.5 Å². The number of nitrogens with zero attached hydrogens (tertiary/aromatic N) is 2. The standard InChI is InChI=1S/C21H25N5O2.HI/c1-3-27-16-10-11-19(28-4-2)17(12-16)26-21(22)24-14-20-23-13-18(25-20)15-8-6-5-7-9-15;/h5-13H,3-4,14H2,1-2H3,(H,23,25)(H3,22,24,26);1H. The molecule has 0 spiro atoms. The Hall–Kier alpha value is -2.75. The second kappa shape index (κ2) is 11.3. The molecule has 4 N–H and O–H groups in total. The number of rotatable bonds is 8. The van der Waals surface area contributed by atoms with Crippen LogP contribution in [0.2, 0.25) is 0 Å². The number of aromatic amines is 1. The zero-order valence-corrected chi connectivity index (χ0v) is 18.8. The lowest BCUT2D eigenvalue weighted by Gasteiger charge is -2.13. The molecule has 0 fully saturated rings. The molecule has 0 aliphatic heterocycles. The normalized spacial score (nSPS) is 10.9. The van der Waals surface area contributed by atoms with E-state index in [1.165, 1.54) is 0 Å². The highest BCUT2D eigenvalue weighted by Crippen LogP contribution is 2.29. The Bertz CT molecular complexity index is 928. The minimum absolute atomic E-state index is 0. The number of aliphatic imine (C=N–C) groups is 1. The summed E-state index contributed by atoms with van der Waals surface area (Å²) in [7, 11) is 0. The Labute approximate surface area is 187 Å². The quantitative estimate of drug-likeness (QED) is 0.238. The van der Waals surface area contributed by atoms with E-state index in [0.29, 0.717) is 31.2 Å². The fourth-order valence-electron chi connectivity index (χ4n) is 2.69. The number of imidazole rings is 1. The highest BCUT2D eigenvalue weighted by atomic mass is 127. The van der Waals surface area contributed by atoms with Crippen LogP contribution in [0, 0.1) is 0 Å². The number of aromatic nitrogens is 2. The van der Waals surface area contributed by atoms with E-state index < -0.39 is 0 Å². The molecule has 0 atom stereocenters. The first-order valence-corrected chi connectivity index (χ1v) is 9.25. The van der Waals surface area contributed by atoms with Gasteiger partial charge in [-0.15, -0.1) is 24.0 Å². The van der Waals surface area contributed by atoms with E-state index in [0.717, 1.165) is 22.8 Å². The molecule has 7 nitrogen and oxygen atoms in total.